The lowest BCUT2D eigenvalue weighted by Crippen LogP contribution is -2.33. The predicted octanol–water partition coefficient (Wildman–Crippen LogP) is 3.74. The summed E-state index contributed by atoms with van der Waals surface area (Å²) in [7, 11) is 1.65. The van der Waals surface area contributed by atoms with E-state index in [2.05, 4.69) is 0 Å². The van der Waals surface area contributed by atoms with E-state index >= 15 is 0 Å². The molecule has 0 aromatic heterocycles. The van der Waals surface area contributed by atoms with E-state index in [0.29, 0.717) is 24.2 Å². The van der Waals surface area contributed by atoms with Gasteiger partial charge in [-0.05, 0) is 48.4 Å². The number of halogens is 1. The minimum atomic E-state index is -0.232. The third-order valence-corrected chi connectivity index (χ3v) is 5.47. The highest BCUT2D eigenvalue weighted by Gasteiger charge is 2.27. The minimum absolute atomic E-state index is 0.00632. The number of nitrogens with zero attached hydrogens (tertiary/aromatic N) is 1. The van der Waals surface area contributed by atoms with Crippen LogP contribution in [0.5, 0.6) is 5.75 Å². The van der Waals surface area contributed by atoms with Crippen molar-refractivity contribution in [1.29, 1.82) is 0 Å². The quantitative estimate of drug-likeness (QED) is 0.739. The number of amides is 1. The Kier molecular flexibility index (Phi) is 6.52. The second kappa shape index (κ2) is 9.05. The van der Waals surface area contributed by atoms with Crippen LogP contribution in [-0.2, 0) is 16.1 Å². The van der Waals surface area contributed by atoms with Gasteiger partial charge >= 0.3 is 0 Å². The van der Waals surface area contributed by atoms with Gasteiger partial charge in [0.1, 0.15) is 11.6 Å². The molecule has 1 aliphatic rings. The molecule has 138 valence electrons. The third-order valence-electron chi connectivity index (χ3n) is 4.21. The highest BCUT2D eigenvalue weighted by atomic mass is 32.2. The molecule has 1 aliphatic heterocycles. The molecule has 0 radical (unpaired) electrons. The Morgan fingerprint density at radius 3 is 2.62 bits per heavy atom. The van der Waals surface area contributed by atoms with E-state index in [-0.39, 0.29) is 18.3 Å². The van der Waals surface area contributed by atoms with E-state index in [1.165, 1.54) is 12.1 Å². The molecule has 0 bridgehead atoms. The van der Waals surface area contributed by atoms with Gasteiger partial charge in [-0.3, -0.25) is 4.79 Å². The number of thioether (sulfide) groups is 1. The number of carbonyl (C=O) groups is 1. The largest absolute Gasteiger partial charge is 0.484 e. The molecule has 0 N–H and O–H groups in total. The third kappa shape index (κ3) is 5.22. The Morgan fingerprint density at radius 1 is 1.19 bits per heavy atom. The fourth-order valence-electron chi connectivity index (χ4n) is 2.84. The summed E-state index contributed by atoms with van der Waals surface area (Å²) in [5, 5.41) is 0.331. The second-order valence-electron chi connectivity index (χ2n) is 6.19. The summed E-state index contributed by atoms with van der Waals surface area (Å²) in [6, 6.07) is 14.0. The van der Waals surface area contributed by atoms with E-state index in [0.717, 1.165) is 23.4 Å². The molecular formula is C20H22FNO3S. The number of rotatable bonds is 7. The van der Waals surface area contributed by atoms with Gasteiger partial charge in [0.05, 0.1) is 6.61 Å². The van der Waals surface area contributed by atoms with Crippen molar-refractivity contribution in [3.05, 3.63) is 59.9 Å². The molecule has 6 heteroatoms. The molecule has 1 fully saturated rings. The molecule has 26 heavy (non-hydrogen) atoms. The molecule has 1 heterocycles. The first kappa shape index (κ1) is 18.7. The normalized spacial score (nSPS) is 16.7. The molecule has 3 rings (SSSR count). The molecule has 0 spiro atoms. The van der Waals surface area contributed by atoms with Gasteiger partial charge in [-0.1, -0.05) is 12.1 Å². The molecule has 4 nitrogen and oxygen atoms in total. The highest BCUT2D eigenvalue weighted by molar-refractivity contribution is 8.00. The maximum absolute atomic E-state index is 13.0. The van der Waals surface area contributed by atoms with Crippen molar-refractivity contribution in [2.45, 2.75) is 23.2 Å². The summed E-state index contributed by atoms with van der Waals surface area (Å²) in [5.74, 6) is 0.438. The Labute approximate surface area is 157 Å². The Bertz CT molecular complexity index is 721. The molecule has 1 atom stereocenters. The number of hydrogen-bond donors (Lipinski definition) is 0. The average Bonchev–Trinajstić information content (AvgIpc) is 3.12. The topological polar surface area (TPSA) is 38.8 Å². The van der Waals surface area contributed by atoms with Gasteiger partial charge in [-0.15, -0.1) is 11.8 Å². The van der Waals surface area contributed by atoms with E-state index in [1.807, 2.05) is 29.2 Å². The zero-order valence-corrected chi connectivity index (χ0v) is 15.5. The van der Waals surface area contributed by atoms with Gasteiger partial charge in [0.15, 0.2) is 6.61 Å². The molecule has 1 amide bonds. The molecule has 0 saturated carbocycles. The number of hydrogen-bond acceptors (Lipinski definition) is 4. The fraction of sp³-hybridized carbons (Fsp3) is 0.350. The van der Waals surface area contributed by atoms with Gasteiger partial charge in [-0.25, -0.2) is 4.39 Å². The van der Waals surface area contributed by atoms with Gasteiger partial charge in [-0.2, -0.15) is 0 Å². The standard InChI is InChI=1S/C20H22FNO3S/c1-24-13-15-2-6-17(7-3-15)25-14-20(23)22-11-10-19(12-22)26-18-8-4-16(21)5-9-18/h2-9,19H,10-14H2,1H3. The van der Waals surface area contributed by atoms with E-state index in [9.17, 15) is 9.18 Å². The first-order valence-corrected chi connectivity index (χ1v) is 9.42. The summed E-state index contributed by atoms with van der Waals surface area (Å²) in [6.07, 6.45) is 0.930. The van der Waals surface area contributed by atoms with Gasteiger partial charge < -0.3 is 14.4 Å². The Balaban J connectivity index is 1.44. The van der Waals surface area contributed by atoms with Gasteiger partial charge in [0, 0.05) is 30.3 Å². The highest BCUT2D eigenvalue weighted by Crippen LogP contribution is 2.30. The molecule has 2 aromatic carbocycles. The summed E-state index contributed by atoms with van der Waals surface area (Å²) in [6.45, 7) is 2.02. The number of methoxy groups -OCH3 is 1. The van der Waals surface area contributed by atoms with E-state index in [1.54, 1.807) is 31.0 Å². The van der Waals surface area contributed by atoms with Crippen LogP contribution >= 0.6 is 11.8 Å². The SMILES string of the molecule is COCc1ccc(OCC(=O)N2CCC(Sc3ccc(F)cc3)C2)cc1. The van der Waals surface area contributed by atoms with Gasteiger partial charge in [0.2, 0.25) is 0 Å². The summed E-state index contributed by atoms with van der Waals surface area (Å²) in [4.78, 5) is 15.2. The first-order valence-electron chi connectivity index (χ1n) is 8.55. The van der Waals surface area contributed by atoms with Crippen molar-refractivity contribution in [2.24, 2.45) is 0 Å². The van der Waals surface area contributed by atoms with Crippen LogP contribution in [0.25, 0.3) is 0 Å². The number of carbonyl (C=O) groups excluding carboxylic acids is 1. The maximum Gasteiger partial charge on any atom is 0.260 e. The number of benzene rings is 2. The van der Waals surface area contributed by atoms with Crippen LogP contribution in [0.1, 0.15) is 12.0 Å². The van der Waals surface area contributed by atoms with Crippen molar-refractivity contribution in [1.82, 2.24) is 4.90 Å². The van der Waals surface area contributed by atoms with Gasteiger partial charge in [0.25, 0.3) is 5.91 Å². The summed E-state index contributed by atoms with van der Waals surface area (Å²) in [5.41, 5.74) is 1.06. The lowest BCUT2D eigenvalue weighted by molar-refractivity contribution is -0.132. The fourth-order valence-corrected chi connectivity index (χ4v) is 4.00. The molecule has 1 saturated heterocycles. The van der Waals surface area contributed by atoms with E-state index < -0.39 is 0 Å². The van der Waals surface area contributed by atoms with Crippen LogP contribution in [0.15, 0.2) is 53.4 Å². The van der Waals surface area contributed by atoms with Crippen molar-refractivity contribution in [3.63, 3.8) is 0 Å². The molecular weight excluding hydrogens is 353 g/mol. The Morgan fingerprint density at radius 2 is 1.92 bits per heavy atom. The van der Waals surface area contributed by atoms with Crippen LogP contribution in [0.2, 0.25) is 0 Å². The number of likely N-dealkylation sites (tertiary alicyclic amines) is 1. The van der Waals surface area contributed by atoms with Crippen molar-refractivity contribution >= 4 is 17.7 Å². The van der Waals surface area contributed by atoms with Crippen molar-refractivity contribution < 1.29 is 18.7 Å². The zero-order valence-electron chi connectivity index (χ0n) is 14.7. The zero-order chi connectivity index (χ0) is 18.4. The van der Waals surface area contributed by atoms with Crippen LogP contribution < -0.4 is 4.74 Å². The smallest absolute Gasteiger partial charge is 0.260 e. The van der Waals surface area contributed by atoms with Crippen molar-refractivity contribution in [3.8, 4) is 5.75 Å². The van der Waals surface area contributed by atoms with Crippen LogP contribution in [0.4, 0.5) is 4.39 Å². The Hall–Kier alpha value is -2.05. The summed E-state index contributed by atoms with van der Waals surface area (Å²) >= 11 is 1.69. The van der Waals surface area contributed by atoms with Crippen LogP contribution in [-0.4, -0.2) is 42.9 Å². The maximum atomic E-state index is 13.0. The molecule has 1 unspecified atom stereocenters. The monoisotopic (exact) mass is 375 g/mol. The lowest BCUT2D eigenvalue weighted by atomic mass is 10.2. The van der Waals surface area contributed by atoms with Crippen LogP contribution in [0, 0.1) is 5.82 Å². The second-order valence-corrected chi connectivity index (χ2v) is 7.56. The number of ether oxygens (including phenoxy) is 2. The molecule has 2 aromatic rings. The minimum Gasteiger partial charge on any atom is -0.484 e. The van der Waals surface area contributed by atoms with Crippen molar-refractivity contribution in [2.75, 3.05) is 26.8 Å². The lowest BCUT2D eigenvalue weighted by Gasteiger charge is -2.17. The summed E-state index contributed by atoms with van der Waals surface area (Å²) < 4.78 is 23.6. The van der Waals surface area contributed by atoms with Crippen LogP contribution in [0.3, 0.4) is 0 Å². The average molecular weight is 375 g/mol. The first-order chi connectivity index (χ1) is 12.6. The predicted molar refractivity (Wildman–Crippen MR) is 99.9 cm³/mol. The molecule has 0 aliphatic carbocycles. The van der Waals surface area contributed by atoms with E-state index in [4.69, 9.17) is 9.47 Å².